The summed E-state index contributed by atoms with van der Waals surface area (Å²) in [4.78, 5) is 25.2. The fraction of sp³-hybridized carbons (Fsp3) is 0.391. The van der Waals surface area contributed by atoms with E-state index < -0.39 is 67.5 Å². The molecule has 2 aromatic carbocycles. The van der Waals surface area contributed by atoms with E-state index in [1.54, 1.807) is 0 Å². The zero-order valence-electron chi connectivity index (χ0n) is 19.4. The van der Waals surface area contributed by atoms with Crippen LogP contribution in [-0.2, 0) is 21.9 Å². The zero-order valence-corrected chi connectivity index (χ0v) is 21.6. The van der Waals surface area contributed by atoms with Crippen molar-refractivity contribution in [1.29, 1.82) is 0 Å². The van der Waals surface area contributed by atoms with E-state index in [0.717, 1.165) is 6.07 Å². The van der Waals surface area contributed by atoms with E-state index in [1.165, 1.54) is 12.1 Å². The summed E-state index contributed by atoms with van der Waals surface area (Å²) in [6.07, 6.45) is -9.25. The summed E-state index contributed by atoms with van der Waals surface area (Å²) < 4.78 is 97.5. The normalized spacial score (nSPS) is 23.8. The second kappa shape index (κ2) is 10.4. The molecule has 3 atom stereocenters. The Hall–Kier alpha value is -2.84. The lowest BCUT2D eigenvalue weighted by Gasteiger charge is -2.22. The van der Waals surface area contributed by atoms with Crippen molar-refractivity contribution in [3.63, 3.8) is 0 Å². The highest BCUT2D eigenvalue weighted by atomic mass is 35.5. The number of nitrogens with one attached hydrogen (secondary N) is 3. The first-order valence-corrected chi connectivity index (χ1v) is 13.3. The molecule has 0 aromatic heterocycles. The van der Waals surface area contributed by atoms with Gasteiger partial charge in [0, 0.05) is 23.5 Å². The van der Waals surface area contributed by atoms with Crippen molar-refractivity contribution in [2.45, 2.75) is 41.9 Å². The first kappa shape index (κ1) is 28.2. The van der Waals surface area contributed by atoms with E-state index in [1.807, 2.05) is 0 Å². The Bertz CT molecular complexity index is 1210. The highest BCUT2D eigenvalue weighted by Gasteiger charge is 2.56. The lowest BCUT2D eigenvalue weighted by molar-refractivity contribution is -0.143. The average molecular weight is 584 g/mol. The Morgan fingerprint density at radius 1 is 1.05 bits per heavy atom. The molecule has 2 fully saturated rings. The van der Waals surface area contributed by atoms with Gasteiger partial charge in [0.25, 0.3) is 5.91 Å². The lowest BCUT2D eigenvalue weighted by atomic mass is 10.1. The Kier molecular flexibility index (Phi) is 7.69. The third-order valence-corrected chi connectivity index (χ3v) is 9.63. The molecule has 0 bridgehead atoms. The molecule has 2 saturated heterocycles. The molecular weight excluding hydrogens is 563 g/mol. The number of halogens is 8. The molecule has 0 aliphatic carbocycles. The number of hydrogen-bond acceptors (Lipinski definition) is 4. The number of fused-ring (bicyclic) bond motifs is 1. The largest absolute Gasteiger partial charge is 0.484 e. The molecule has 4 rings (SSSR count). The minimum absolute atomic E-state index is 0.0166. The number of rotatable bonds is 6. The number of carbonyl (C=O) groups is 2. The molecule has 2 aliphatic rings. The van der Waals surface area contributed by atoms with Crippen LogP contribution in [0.15, 0.2) is 36.4 Å². The standard InChI is InChI=1S/C23H21ClF7N3O3Si/c24-15-2-1-14(8-16(15)25)37-9-19(35)34-21-10-32-17(3-4-18(21)38-21)20(36)33-13-6-11(22(26,27)28)5-12(7-13)23(29,30)31/h1-2,5-8,17-18,32H,3-4,9-10,38H2,(H,33,36)(H,34,35)/t17-,18?,21-/m1/s1. The molecule has 2 aliphatic heterocycles. The number of anilines is 1. The molecular formula is C23H21ClF7N3O3Si. The molecule has 206 valence electrons. The van der Waals surface area contributed by atoms with Gasteiger partial charge in [-0.05, 0) is 48.7 Å². The highest BCUT2D eigenvalue weighted by molar-refractivity contribution is 6.57. The van der Waals surface area contributed by atoms with Gasteiger partial charge in [-0.2, -0.15) is 26.3 Å². The quantitative estimate of drug-likeness (QED) is 0.354. The van der Waals surface area contributed by atoms with Crippen molar-refractivity contribution in [3.8, 4) is 5.75 Å². The number of ether oxygens (including phenoxy) is 1. The van der Waals surface area contributed by atoms with Gasteiger partial charge in [-0.1, -0.05) is 11.6 Å². The summed E-state index contributed by atoms with van der Waals surface area (Å²) in [5.74, 6) is -1.82. The van der Waals surface area contributed by atoms with Gasteiger partial charge in [-0.3, -0.25) is 9.59 Å². The number of benzene rings is 2. The molecule has 0 radical (unpaired) electrons. The monoisotopic (exact) mass is 583 g/mol. The number of alkyl halides is 6. The van der Waals surface area contributed by atoms with Crippen molar-refractivity contribution in [2.75, 3.05) is 18.5 Å². The minimum atomic E-state index is -5.04. The number of amides is 2. The molecule has 15 heteroatoms. The molecule has 2 heterocycles. The van der Waals surface area contributed by atoms with Gasteiger partial charge in [0.15, 0.2) is 6.61 Å². The van der Waals surface area contributed by atoms with Gasteiger partial charge in [0.05, 0.1) is 31.7 Å². The molecule has 38 heavy (non-hydrogen) atoms. The highest BCUT2D eigenvalue weighted by Crippen LogP contribution is 2.45. The topological polar surface area (TPSA) is 79.5 Å². The summed E-state index contributed by atoms with van der Waals surface area (Å²) in [6, 6.07) is 3.73. The smallest absolute Gasteiger partial charge is 0.416 e. The van der Waals surface area contributed by atoms with Gasteiger partial charge >= 0.3 is 12.4 Å². The van der Waals surface area contributed by atoms with Crippen LogP contribution in [0, 0.1) is 5.82 Å². The molecule has 0 saturated carbocycles. The van der Waals surface area contributed by atoms with Crippen LogP contribution in [0.3, 0.4) is 0 Å². The van der Waals surface area contributed by atoms with Gasteiger partial charge in [-0.25, -0.2) is 4.39 Å². The van der Waals surface area contributed by atoms with Gasteiger partial charge in [-0.15, -0.1) is 0 Å². The Labute approximate surface area is 219 Å². The Morgan fingerprint density at radius 3 is 2.32 bits per heavy atom. The molecule has 2 amide bonds. The summed E-state index contributed by atoms with van der Waals surface area (Å²) in [5, 5.41) is 7.39. The predicted octanol–water partition coefficient (Wildman–Crippen LogP) is 4.07. The van der Waals surface area contributed by atoms with E-state index in [2.05, 4.69) is 16.0 Å². The predicted molar refractivity (Wildman–Crippen MR) is 126 cm³/mol. The third kappa shape index (κ3) is 6.59. The molecule has 2 aromatic rings. The van der Waals surface area contributed by atoms with E-state index in [-0.39, 0.29) is 42.0 Å². The zero-order chi connectivity index (χ0) is 27.9. The van der Waals surface area contributed by atoms with Crippen molar-refractivity contribution in [2.24, 2.45) is 0 Å². The van der Waals surface area contributed by atoms with Crippen LogP contribution in [0.2, 0.25) is 10.6 Å². The van der Waals surface area contributed by atoms with Crippen LogP contribution >= 0.6 is 11.6 Å². The van der Waals surface area contributed by atoms with Crippen LogP contribution in [0.4, 0.5) is 36.4 Å². The maximum Gasteiger partial charge on any atom is 0.416 e. The van der Waals surface area contributed by atoms with Crippen molar-refractivity contribution >= 4 is 38.6 Å². The van der Waals surface area contributed by atoms with Crippen LogP contribution in [-0.4, -0.2) is 45.7 Å². The fourth-order valence-electron chi connectivity index (χ4n) is 4.46. The maximum absolute atomic E-state index is 13.5. The summed E-state index contributed by atoms with van der Waals surface area (Å²) >= 11 is 5.61. The van der Waals surface area contributed by atoms with Crippen LogP contribution in [0.5, 0.6) is 5.75 Å². The van der Waals surface area contributed by atoms with Crippen molar-refractivity contribution in [1.82, 2.24) is 10.6 Å². The Morgan fingerprint density at radius 2 is 1.71 bits per heavy atom. The SMILES string of the molecule is O=C(COc1ccc(Cl)c(F)c1)N[C@@]12CN[C@@H](C(=O)Nc3cc(C(F)(F)F)cc(C(F)(F)F)c3)CCC1[SiH2]2. The Balaban J connectivity index is 1.35. The van der Waals surface area contributed by atoms with E-state index in [9.17, 15) is 40.3 Å². The van der Waals surface area contributed by atoms with Gasteiger partial charge < -0.3 is 20.7 Å². The summed E-state index contributed by atoms with van der Waals surface area (Å²) in [7, 11) is -0.762. The second-order valence-corrected chi connectivity index (χ2v) is 12.3. The maximum atomic E-state index is 13.5. The van der Waals surface area contributed by atoms with Crippen molar-refractivity contribution < 1.29 is 45.1 Å². The second-order valence-electron chi connectivity index (χ2n) is 9.26. The van der Waals surface area contributed by atoms with E-state index in [0.29, 0.717) is 18.6 Å². The van der Waals surface area contributed by atoms with Gasteiger partial charge in [0.1, 0.15) is 11.6 Å². The van der Waals surface area contributed by atoms with Crippen molar-refractivity contribution in [3.05, 3.63) is 58.4 Å². The average Bonchev–Trinajstić information content (AvgIpc) is 3.52. The molecule has 1 unspecified atom stereocenters. The minimum Gasteiger partial charge on any atom is -0.484 e. The molecule has 3 N–H and O–H groups in total. The van der Waals surface area contributed by atoms with Crippen LogP contribution in [0.25, 0.3) is 0 Å². The summed E-state index contributed by atoms with van der Waals surface area (Å²) in [6.45, 7) is -0.176. The van der Waals surface area contributed by atoms with Crippen LogP contribution < -0.4 is 20.7 Å². The lowest BCUT2D eigenvalue weighted by Crippen LogP contribution is -2.50. The van der Waals surface area contributed by atoms with Crippen LogP contribution in [0.1, 0.15) is 24.0 Å². The molecule has 6 nitrogen and oxygen atoms in total. The number of carbonyl (C=O) groups excluding carboxylic acids is 2. The van der Waals surface area contributed by atoms with E-state index in [4.69, 9.17) is 16.3 Å². The van der Waals surface area contributed by atoms with Gasteiger partial charge in [0.2, 0.25) is 5.91 Å². The fourth-order valence-corrected chi connectivity index (χ4v) is 6.82. The first-order chi connectivity index (χ1) is 17.7. The third-order valence-electron chi connectivity index (χ3n) is 6.52. The first-order valence-electron chi connectivity index (χ1n) is 11.4. The van der Waals surface area contributed by atoms with E-state index >= 15 is 0 Å². The summed E-state index contributed by atoms with van der Waals surface area (Å²) in [5.41, 5.74) is -3.54. The number of hydrogen-bond donors (Lipinski definition) is 3. The molecule has 0 spiro atoms.